The first-order valence-corrected chi connectivity index (χ1v) is 13.1. The van der Waals surface area contributed by atoms with Crippen LogP contribution in [-0.4, -0.2) is 50.1 Å². The van der Waals surface area contributed by atoms with Crippen molar-refractivity contribution in [3.05, 3.63) is 87.4 Å². The molecule has 1 aliphatic carbocycles. The normalized spacial score (nSPS) is 18.0. The molecule has 3 aromatic carbocycles. The highest BCUT2D eigenvalue weighted by Gasteiger charge is 2.27. The van der Waals surface area contributed by atoms with Crippen LogP contribution in [-0.2, 0) is 12.8 Å². The quantitative estimate of drug-likeness (QED) is 0.478. The average Bonchev–Trinajstić information content (AvgIpc) is 2.87. The fraction of sp³-hybridized carbons (Fsp3) is 0.367. The number of nitrogens with zero attached hydrogens (tertiary/aromatic N) is 2. The molecule has 1 aliphatic heterocycles. The van der Waals surface area contributed by atoms with Gasteiger partial charge in [-0.15, -0.1) is 0 Å². The molecule has 1 heterocycles. The molecule has 5 nitrogen and oxygen atoms in total. The molecule has 1 atom stereocenters. The number of benzene rings is 3. The van der Waals surface area contributed by atoms with Crippen LogP contribution >= 0.6 is 11.6 Å². The summed E-state index contributed by atoms with van der Waals surface area (Å²) in [7, 11) is 2.19. The Morgan fingerprint density at radius 1 is 0.944 bits per heavy atom. The van der Waals surface area contributed by atoms with Crippen molar-refractivity contribution < 1.29 is 9.53 Å². The van der Waals surface area contributed by atoms with Crippen molar-refractivity contribution in [2.24, 2.45) is 0 Å². The molecule has 0 saturated carbocycles. The number of hydrogen-bond acceptors (Lipinski definition) is 4. The van der Waals surface area contributed by atoms with Gasteiger partial charge in [-0.3, -0.25) is 4.79 Å². The number of fused-ring (bicyclic) bond motifs is 1. The molecule has 1 saturated heterocycles. The predicted octanol–water partition coefficient (Wildman–Crippen LogP) is 5.79. The Morgan fingerprint density at radius 3 is 2.42 bits per heavy atom. The van der Waals surface area contributed by atoms with E-state index in [-0.39, 0.29) is 11.9 Å². The number of hydrogen-bond donors (Lipinski definition) is 1. The molecular weight excluding hydrogens is 470 g/mol. The smallest absolute Gasteiger partial charge is 0.251 e. The van der Waals surface area contributed by atoms with Gasteiger partial charge < -0.3 is 19.9 Å². The maximum atomic E-state index is 13.1. The summed E-state index contributed by atoms with van der Waals surface area (Å²) >= 11 is 6.04. The van der Waals surface area contributed by atoms with E-state index >= 15 is 0 Å². The first-order valence-electron chi connectivity index (χ1n) is 12.8. The standard InChI is InChI=1S/C30H34ClN3O2/c1-20-4-12-28(34-16-14-33(3)15-17-34)27-19-24(8-11-26(20)27)32-30(35)22-5-9-25(10-6-22)36-29-13-7-23(31)18-21(29)2/h4-7,9-10,12-13,18,24H,8,11,14-17,19H2,1-3H3,(H,32,35)/t24-/m0/s1. The van der Waals surface area contributed by atoms with Crippen LogP contribution < -0.4 is 15.0 Å². The molecule has 1 N–H and O–H groups in total. The third-order valence-electron chi connectivity index (χ3n) is 7.49. The molecule has 2 aliphatic rings. The minimum Gasteiger partial charge on any atom is -0.457 e. The van der Waals surface area contributed by atoms with E-state index in [4.69, 9.17) is 16.3 Å². The number of anilines is 1. The Kier molecular flexibility index (Phi) is 7.22. The number of piperazine rings is 1. The van der Waals surface area contributed by atoms with Crippen LogP contribution in [0.4, 0.5) is 5.69 Å². The molecule has 0 bridgehead atoms. The first-order chi connectivity index (χ1) is 17.4. The maximum absolute atomic E-state index is 13.1. The van der Waals surface area contributed by atoms with Crippen molar-refractivity contribution in [3.63, 3.8) is 0 Å². The number of rotatable bonds is 5. The zero-order valence-electron chi connectivity index (χ0n) is 21.3. The number of carbonyl (C=O) groups is 1. The van der Waals surface area contributed by atoms with E-state index in [0.29, 0.717) is 16.3 Å². The number of aryl methyl sites for hydroxylation is 2. The summed E-state index contributed by atoms with van der Waals surface area (Å²) in [4.78, 5) is 18.0. The van der Waals surface area contributed by atoms with E-state index in [1.807, 2.05) is 49.4 Å². The molecule has 6 heteroatoms. The van der Waals surface area contributed by atoms with Crippen LogP contribution in [0.25, 0.3) is 0 Å². The van der Waals surface area contributed by atoms with E-state index < -0.39 is 0 Å². The summed E-state index contributed by atoms with van der Waals surface area (Å²) in [6.07, 6.45) is 2.84. The van der Waals surface area contributed by atoms with Gasteiger partial charge in [0.05, 0.1) is 0 Å². The molecular formula is C30H34ClN3O2. The van der Waals surface area contributed by atoms with Crippen LogP contribution in [0.1, 0.15) is 39.0 Å². The molecule has 1 fully saturated rings. The number of halogens is 1. The fourth-order valence-corrected chi connectivity index (χ4v) is 5.53. The van der Waals surface area contributed by atoms with Gasteiger partial charge in [0.25, 0.3) is 5.91 Å². The fourth-order valence-electron chi connectivity index (χ4n) is 5.30. The largest absolute Gasteiger partial charge is 0.457 e. The van der Waals surface area contributed by atoms with Crippen molar-refractivity contribution in [2.45, 2.75) is 39.2 Å². The minimum absolute atomic E-state index is 0.0357. The number of carbonyl (C=O) groups excluding carboxylic acids is 1. The Bertz CT molecular complexity index is 1250. The Balaban J connectivity index is 1.26. The van der Waals surface area contributed by atoms with Crippen LogP contribution in [0.2, 0.25) is 5.02 Å². The van der Waals surface area contributed by atoms with Crippen molar-refractivity contribution in [1.82, 2.24) is 10.2 Å². The second-order valence-electron chi connectivity index (χ2n) is 10.1. The molecule has 0 aromatic heterocycles. The summed E-state index contributed by atoms with van der Waals surface area (Å²) < 4.78 is 5.98. The van der Waals surface area contributed by atoms with Crippen molar-refractivity contribution in [3.8, 4) is 11.5 Å². The van der Waals surface area contributed by atoms with Crippen LogP contribution in [0.15, 0.2) is 54.6 Å². The molecule has 5 rings (SSSR count). The molecule has 188 valence electrons. The van der Waals surface area contributed by atoms with E-state index in [9.17, 15) is 4.79 Å². The topological polar surface area (TPSA) is 44.8 Å². The highest BCUT2D eigenvalue weighted by atomic mass is 35.5. The highest BCUT2D eigenvalue weighted by Crippen LogP contribution is 2.34. The number of likely N-dealkylation sites (N-methyl/N-ethyl adjacent to an activating group) is 1. The van der Waals surface area contributed by atoms with Crippen molar-refractivity contribution in [1.29, 1.82) is 0 Å². The second-order valence-corrected chi connectivity index (χ2v) is 10.5. The third kappa shape index (κ3) is 5.37. The van der Waals surface area contributed by atoms with Gasteiger partial charge in [0.15, 0.2) is 0 Å². The molecule has 0 unspecified atom stereocenters. The van der Waals surface area contributed by atoms with Crippen LogP contribution in [0, 0.1) is 13.8 Å². The van der Waals surface area contributed by atoms with Gasteiger partial charge in [-0.1, -0.05) is 17.7 Å². The Morgan fingerprint density at radius 2 is 1.69 bits per heavy atom. The Hall–Kier alpha value is -3.02. The van der Waals surface area contributed by atoms with Gasteiger partial charge in [0.2, 0.25) is 0 Å². The van der Waals surface area contributed by atoms with Gasteiger partial charge in [0.1, 0.15) is 11.5 Å². The van der Waals surface area contributed by atoms with Gasteiger partial charge in [-0.05, 0) is 111 Å². The van der Waals surface area contributed by atoms with Crippen LogP contribution in [0.3, 0.4) is 0 Å². The number of nitrogens with one attached hydrogen (secondary N) is 1. The summed E-state index contributed by atoms with van der Waals surface area (Å²) in [5.41, 5.74) is 7.20. The molecule has 36 heavy (non-hydrogen) atoms. The highest BCUT2D eigenvalue weighted by molar-refractivity contribution is 6.30. The van der Waals surface area contributed by atoms with Gasteiger partial charge >= 0.3 is 0 Å². The lowest BCUT2D eigenvalue weighted by molar-refractivity contribution is 0.0933. The lowest BCUT2D eigenvalue weighted by atomic mass is 9.84. The lowest BCUT2D eigenvalue weighted by Crippen LogP contribution is -2.45. The Labute approximate surface area is 219 Å². The first kappa shape index (κ1) is 24.7. The summed E-state index contributed by atoms with van der Waals surface area (Å²) in [6, 6.07) is 17.6. The van der Waals surface area contributed by atoms with E-state index in [1.165, 1.54) is 22.4 Å². The van der Waals surface area contributed by atoms with E-state index in [1.54, 1.807) is 0 Å². The predicted molar refractivity (Wildman–Crippen MR) is 147 cm³/mol. The zero-order chi connectivity index (χ0) is 25.2. The minimum atomic E-state index is -0.0357. The average molecular weight is 504 g/mol. The van der Waals surface area contributed by atoms with Crippen molar-refractivity contribution in [2.75, 3.05) is 38.1 Å². The SMILES string of the molecule is Cc1cc(Cl)ccc1Oc1ccc(C(=O)N[C@H]2CCc3c(C)ccc(N4CCN(C)CC4)c3C2)cc1. The van der Waals surface area contributed by atoms with E-state index in [0.717, 1.165) is 56.8 Å². The summed E-state index contributed by atoms with van der Waals surface area (Å²) in [6.45, 7) is 8.43. The number of amides is 1. The van der Waals surface area contributed by atoms with Crippen molar-refractivity contribution >= 4 is 23.2 Å². The molecule has 0 radical (unpaired) electrons. The van der Waals surface area contributed by atoms with Gasteiger partial charge in [-0.2, -0.15) is 0 Å². The number of ether oxygens (including phenoxy) is 1. The zero-order valence-corrected chi connectivity index (χ0v) is 22.1. The monoisotopic (exact) mass is 503 g/mol. The van der Waals surface area contributed by atoms with Gasteiger partial charge in [-0.25, -0.2) is 0 Å². The lowest BCUT2D eigenvalue weighted by Gasteiger charge is -2.37. The third-order valence-corrected chi connectivity index (χ3v) is 7.73. The maximum Gasteiger partial charge on any atom is 0.251 e. The summed E-state index contributed by atoms with van der Waals surface area (Å²) in [5, 5.41) is 3.98. The van der Waals surface area contributed by atoms with Gasteiger partial charge in [0, 0.05) is 48.5 Å². The van der Waals surface area contributed by atoms with Crippen LogP contribution in [0.5, 0.6) is 11.5 Å². The second kappa shape index (κ2) is 10.5. The summed E-state index contributed by atoms with van der Waals surface area (Å²) in [5.74, 6) is 1.41. The molecule has 1 amide bonds. The molecule has 3 aromatic rings. The van der Waals surface area contributed by atoms with E-state index in [2.05, 4.69) is 41.2 Å². The molecule has 0 spiro atoms.